The Hall–Kier alpha value is -2.32. The van der Waals surface area contributed by atoms with Crippen molar-refractivity contribution in [1.29, 1.82) is 0 Å². The largest absolute Gasteiger partial charge is 0.444 e. The molecule has 32 heavy (non-hydrogen) atoms. The number of rotatable bonds is 4. The molecule has 2 amide bonds. The van der Waals surface area contributed by atoms with E-state index >= 15 is 0 Å². The molecule has 1 aliphatic heterocycles. The third-order valence-electron chi connectivity index (χ3n) is 5.30. The summed E-state index contributed by atoms with van der Waals surface area (Å²) in [5.74, 6) is -0.0461. The molecule has 1 saturated heterocycles. The first-order chi connectivity index (χ1) is 15.1. The summed E-state index contributed by atoms with van der Waals surface area (Å²) in [7, 11) is 1.61. The van der Waals surface area contributed by atoms with Crippen LogP contribution >= 0.6 is 11.9 Å². The average Bonchev–Trinajstić information content (AvgIpc) is 2.72. The number of fused-ring (bicyclic) bond motifs is 1. The van der Waals surface area contributed by atoms with Gasteiger partial charge in [0.2, 0.25) is 5.91 Å². The van der Waals surface area contributed by atoms with Crippen LogP contribution in [0.25, 0.3) is 10.8 Å². The molecule has 0 N–H and O–H groups in total. The Labute approximate surface area is 195 Å². The highest BCUT2D eigenvalue weighted by molar-refractivity contribution is 7.97. The molecule has 8 heteroatoms. The highest BCUT2D eigenvalue weighted by Gasteiger charge is 2.27. The summed E-state index contributed by atoms with van der Waals surface area (Å²) >= 11 is 1.74. The molecule has 1 aromatic heterocycles. The number of benzene rings is 1. The maximum atomic E-state index is 12.9. The van der Waals surface area contributed by atoms with Gasteiger partial charge in [-0.3, -0.25) is 9.78 Å². The zero-order valence-electron chi connectivity index (χ0n) is 19.7. The molecule has 3 rings (SSSR count). The molecule has 1 aromatic carbocycles. The van der Waals surface area contributed by atoms with Gasteiger partial charge >= 0.3 is 6.09 Å². The molecule has 1 aliphatic rings. The summed E-state index contributed by atoms with van der Waals surface area (Å²) in [6, 6.07) is 8.62. The van der Waals surface area contributed by atoms with Crippen LogP contribution in [0.4, 0.5) is 4.79 Å². The minimum Gasteiger partial charge on any atom is -0.444 e. The zero-order chi connectivity index (χ0) is 23.3. The van der Waals surface area contributed by atoms with Gasteiger partial charge in [0.15, 0.2) is 0 Å². The second kappa shape index (κ2) is 10.5. The summed E-state index contributed by atoms with van der Waals surface area (Å²) in [5.41, 5.74) is -0.583. The first-order valence-electron chi connectivity index (χ1n) is 11.1. The average molecular weight is 459 g/mol. The van der Waals surface area contributed by atoms with Crippen molar-refractivity contribution in [3.05, 3.63) is 36.7 Å². The Morgan fingerprint density at radius 1 is 1.19 bits per heavy atom. The number of amides is 2. The minimum atomic E-state index is -0.583. The maximum Gasteiger partial charge on any atom is 0.410 e. The lowest BCUT2D eigenvalue weighted by molar-refractivity contribution is -0.133. The third-order valence-corrected chi connectivity index (χ3v) is 6.54. The van der Waals surface area contributed by atoms with Crippen molar-refractivity contribution in [3.63, 3.8) is 0 Å². The highest BCUT2D eigenvalue weighted by atomic mass is 32.2. The predicted octanol–water partition coefficient (Wildman–Crippen LogP) is 4.42. The van der Waals surface area contributed by atoms with Gasteiger partial charge in [0.05, 0.1) is 0 Å². The molecule has 0 radical (unpaired) electrons. The Kier molecular flexibility index (Phi) is 8.00. The predicted molar refractivity (Wildman–Crippen MR) is 128 cm³/mol. The van der Waals surface area contributed by atoms with Gasteiger partial charge < -0.3 is 14.5 Å². The molecule has 0 unspecified atom stereocenters. The Morgan fingerprint density at radius 3 is 2.69 bits per heavy atom. The molecule has 174 valence electrons. The van der Waals surface area contributed by atoms with Gasteiger partial charge in [0.25, 0.3) is 0 Å². The SMILES string of the molecule is C[C@@H]1CN(C(=O)CN(C)C(=O)OC(C)(C)C)CCCCN1Sc1ccc2cnccc2c1. The van der Waals surface area contributed by atoms with Crippen LogP contribution in [0.5, 0.6) is 0 Å². The molecule has 0 bridgehead atoms. The Bertz CT molecular complexity index is 946. The van der Waals surface area contributed by atoms with Gasteiger partial charge in [0, 0.05) is 55.4 Å². The lowest BCUT2D eigenvalue weighted by Crippen LogP contribution is -2.48. The first-order valence-corrected chi connectivity index (χ1v) is 11.9. The molecule has 1 atom stereocenters. The number of hydrogen-bond acceptors (Lipinski definition) is 6. The van der Waals surface area contributed by atoms with E-state index in [0.717, 1.165) is 24.8 Å². The molecule has 2 heterocycles. The number of carbonyl (C=O) groups is 2. The minimum absolute atomic E-state index is 0.0213. The fourth-order valence-corrected chi connectivity index (χ4v) is 4.66. The lowest BCUT2D eigenvalue weighted by Gasteiger charge is -2.36. The molecular formula is C24H34N4O3S. The number of carbonyl (C=O) groups excluding carboxylic acids is 2. The van der Waals surface area contributed by atoms with Crippen molar-refractivity contribution >= 4 is 34.7 Å². The number of likely N-dealkylation sites (N-methyl/N-ethyl adjacent to an activating group) is 1. The molecule has 0 aliphatic carbocycles. The van der Waals surface area contributed by atoms with Crippen LogP contribution in [0.3, 0.4) is 0 Å². The van der Waals surface area contributed by atoms with Gasteiger partial charge in [-0.1, -0.05) is 6.07 Å². The molecule has 2 aromatic rings. The normalized spacial score (nSPS) is 18.2. The number of aromatic nitrogens is 1. The van der Waals surface area contributed by atoms with Gasteiger partial charge in [-0.15, -0.1) is 0 Å². The highest BCUT2D eigenvalue weighted by Crippen LogP contribution is 2.29. The third kappa shape index (κ3) is 6.84. The number of pyridine rings is 1. The number of nitrogens with zero attached hydrogens (tertiary/aromatic N) is 4. The Balaban J connectivity index is 1.61. The quantitative estimate of drug-likeness (QED) is 0.632. The van der Waals surface area contributed by atoms with E-state index in [9.17, 15) is 9.59 Å². The van der Waals surface area contributed by atoms with Crippen LogP contribution in [0, 0.1) is 0 Å². The van der Waals surface area contributed by atoms with Crippen LogP contribution in [-0.2, 0) is 9.53 Å². The number of hydrogen-bond donors (Lipinski definition) is 0. The fraction of sp³-hybridized carbons (Fsp3) is 0.542. The smallest absolute Gasteiger partial charge is 0.410 e. The van der Waals surface area contributed by atoms with E-state index in [-0.39, 0.29) is 18.5 Å². The van der Waals surface area contributed by atoms with E-state index < -0.39 is 11.7 Å². The van der Waals surface area contributed by atoms with E-state index in [0.29, 0.717) is 13.1 Å². The molecular weight excluding hydrogens is 424 g/mol. The maximum absolute atomic E-state index is 12.9. The topological polar surface area (TPSA) is 66.0 Å². The summed E-state index contributed by atoms with van der Waals surface area (Å²) in [6.07, 6.45) is 5.16. The molecule has 0 saturated carbocycles. The van der Waals surface area contributed by atoms with Gasteiger partial charge in [-0.2, -0.15) is 0 Å². The number of ether oxygens (including phenoxy) is 1. The van der Waals surface area contributed by atoms with Crippen LogP contribution in [0.2, 0.25) is 0 Å². The van der Waals surface area contributed by atoms with Crippen molar-refractivity contribution in [3.8, 4) is 0 Å². The van der Waals surface area contributed by atoms with Crippen molar-refractivity contribution in [2.45, 2.75) is 57.1 Å². The lowest BCUT2D eigenvalue weighted by atomic mass is 10.2. The monoisotopic (exact) mass is 458 g/mol. The summed E-state index contributed by atoms with van der Waals surface area (Å²) in [5, 5.41) is 2.30. The van der Waals surface area contributed by atoms with E-state index in [1.54, 1.807) is 19.0 Å². The van der Waals surface area contributed by atoms with Crippen LogP contribution in [-0.4, -0.2) is 76.0 Å². The standard InChI is InChI=1S/C24H34N4O3S/c1-18-16-27(22(29)17-26(5)23(30)31-24(2,3)4)12-6-7-13-28(18)32-21-9-8-20-15-25-11-10-19(20)14-21/h8-11,14-15,18H,6-7,12-13,16-17H2,1-5H3/t18-/m1/s1. The van der Waals surface area contributed by atoms with E-state index in [1.807, 2.05) is 44.1 Å². The first kappa shape index (κ1) is 24.3. The molecule has 7 nitrogen and oxygen atoms in total. The van der Waals surface area contributed by atoms with Crippen molar-refractivity contribution < 1.29 is 14.3 Å². The van der Waals surface area contributed by atoms with Crippen molar-refractivity contribution in [1.82, 2.24) is 19.1 Å². The van der Waals surface area contributed by atoms with Crippen LogP contribution < -0.4 is 0 Å². The zero-order valence-corrected chi connectivity index (χ0v) is 20.5. The van der Waals surface area contributed by atoms with Crippen LogP contribution in [0.15, 0.2) is 41.6 Å². The van der Waals surface area contributed by atoms with Gasteiger partial charge in [0.1, 0.15) is 12.1 Å². The second-order valence-electron chi connectivity index (χ2n) is 9.35. The van der Waals surface area contributed by atoms with Crippen molar-refractivity contribution in [2.75, 3.05) is 33.2 Å². The van der Waals surface area contributed by atoms with Crippen LogP contribution in [0.1, 0.15) is 40.5 Å². The Morgan fingerprint density at radius 2 is 1.94 bits per heavy atom. The summed E-state index contributed by atoms with van der Waals surface area (Å²) in [4.78, 5) is 33.8. The molecule has 1 fully saturated rings. The summed E-state index contributed by atoms with van der Waals surface area (Å²) in [6.45, 7) is 9.95. The van der Waals surface area contributed by atoms with Gasteiger partial charge in [-0.25, -0.2) is 9.10 Å². The van der Waals surface area contributed by atoms with E-state index in [4.69, 9.17) is 4.74 Å². The molecule has 0 spiro atoms. The second-order valence-corrected chi connectivity index (χ2v) is 10.5. The fourth-order valence-electron chi connectivity index (χ4n) is 3.62. The van der Waals surface area contributed by atoms with E-state index in [1.165, 1.54) is 15.2 Å². The van der Waals surface area contributed by atoms with E-state index in [2.05, 4.69) is 34.4 Å². The van der Waals surface area contributed by atoms with Crippen molar-refractivity contribution in [2.24, 2.45) is 0 Å². The summed E-state index contributed by atoms with van der Waals surface area (Å²) < 4.78 is 7.73. The van der Waals surface area contributed by atoms with Gasteiger partial charge in [-0.05, 0) is 76.1 Å².